The highest BCUT2D eigenvalue weighted by Gasteiger charge is 2.54. The van der Waals surface area contributed by atoms with E-state index in [0.717, 1.165) is 47.6 Å². The molecule has 1 saturated heterocycles. The molecule has 22 heteroatoms. The standard InChI is InChI=1S/C33H40N2O9.C9H11Cl2N3O4S2/c1-38-19-7-8-20-21-9-10-35-16-18-13-27(44-32(36)17-11-25(39-2)30(41-4)26(12-17)40-3)31(42-5)28(33(37)43-6)22(18)15-24(35)29(21)34-23(20)14-19;1-14-9(4-10)13-6-2-5(11)7(19(12,15)16)3-8(6)20(14,17)18/h7-8,11-12,14,18,22,24,27-28,31,34H,9-10,13,15-16H2,1-6H3;2-3,9,13H,4H2,1H3,(H2,12,15,16)/t18-,22+,24-,27-,28+,31+;/m1./s1. The zero-order chi connectivity index (χ0) is 46.4. The van der Waals surface area contributed by atoms with Crippen molar-refractivity contribution in [1.82, 2.24) is 14.2 Å². The number of aromatic nitrogens is 1. The number of hydrogen-bond acceptors (Lipinski definition) is 15. The van der Waals surface area contributed by atoms with Crippen LogP contribution in [0.4, 0.5) is 5.69 Å². The van der Waals surface area contributed by atoms with E-state index in [-0.39, 0.29) is 50.9 Å². The van der Waals surface area contributed by atoms with Gasteiger partial charge in [-0.1, -0.05) is 11.6 Å². The summed E-state index contributed by atoms with van der Waals surface area (Å²) in [7, 11) is 2.44. The number of methoxy groups -OCH3 is 6. The highest BCUT2D eigenvalue weighted by molar-refractivity contribution is 7.90. The number of nitrogens with zero attached hydrogens (tertiary/aromatic N) is 2. The highest BCUT2D eigenvalue weighted by atomic mass is 35.5. The van der Waals surface area contributed by atoms with Gasteiger partial charge in [0.05, 0.1) is 69.7 Å². The molecule has 0 radical (unpaired) electrons. The Hall–Kier alpha value is -4.54. The number of ether oxygens (including phenoxy) is 7. The minimum Gasteiger partial charge on any atom is -0.497 e. The third-order valence-corrected chi connectivity index (χ3v) is 16.2. The van der Waals surface area contributed by atoms with Gasteiger partial charge in [0.2, 0.25) is 25.8 Å². The summed E-state index contributed by atoms with van der Waals surface area (Å²) in [6.45, 7) is 1.68. The number of fused-ring (bicyclic) bond motifs is 7. The van der Waals surface area contributed by atoms with Crippen molar-refractivity contribution in [2.24, 2.45) is 22.9 Å². The summed E-state index contributed by atoms with van der Waals surface area (Å²) in [6, 6.07) is 11.5. The Morgan fingerprint density at radius 1 is 0.953 bits per heavy atom. The molecule has 3 aliphatic heterocycles. The Balaban J connectivity index is 0.000000256. The molecule has 0 amide bonds. The number of benzene rings is 3. The van der Waals surface area contributed by atoms with Crippen LogP contribution in [-0.2, 0) is 45.5 Å². The van der Waals surface area contributed by atoms with E-state index in [1.807, 2.05) is 12.1 Å². The number of esters is 2. The number of primary sulfonamides is 1. The fourth-order valence-corrected chi connectivity index (χ4v) is 12.5. The number of carbonyl (C=O) groups is 2. The first kappa shape index (κ1) is 47.4. The van der Waals surface area contributed by atoms with Gasteiger partial charge in [0.25, 0.3) is 0 Å². The highest BCUT2D eigenvalue weighted by Crippen LogP contribution is 2.51. The van der Waals surface area contributed by atoms with E-state index >= 15 is 0 Å². The second-order valence-electron chi connectivity index (χ2n) is 15.9. The quantitative estimate of drug-likeness (QED) is 0.144. The Kier molecular flexibility index (Phi) is 13.9. The van der Waals surface area contributed by atoms with Crippen LogP contribution in [0.15, 0.2) is 52.3 Å². The summed E-state index contributed by atoms with van der Waals surface area (Å²) < 4.78 is 87.5. The molecule has 4 aromatic rings. The predicted molar refractivity (Wildman–Crippen MR) is 237 cm³/mol. The number of halogens is 2. The van der Waals surface area contributed by atoms with Gasteiger partial charge >= 0.3 is 11.9 Å². The number of H-pyrrole nitrogens is 1. The molecule has 64 heavy (non-hydrogen) atoms. The average Bonchev–Trinajstić information content (AvgIpc) is 3.66. The summed E-state index contributed by atoms with van der Waals surface area (Å²) in [5.41, 5.74) is 4.01. The molecule has 348 valence electrons. The second kappa shape index (κ2) is 18.7. The average molecular weight is 969 g/mol. The van der Waals surface area contributed by atoms with Crippen LogP contribution in [0.3, 0.4) is 0 Å². The largest absolute Gasteiger partial charge is 0.497 e. The zero-order valence-electron chi connectivity index (χ0n) is 36.2. The molecular formula is C42H51Cl2N5O13S2. The Morgan fingerprint density at radius 3 is 2.25 bits per heavy atom. The van der Waals surface area contributed by atoms with Gasteiger partial charge in [-0.05, 0) is 73.1 Å². The van der Waals surface area contributed by atoms with E-state index in [9.17, 15) is 26.4 Å². The number of piperidine rings is 1. The third-order valence-electron chi connectivity index (χ3n) is 12.7. The maximum Gasteiger partial charge on any atom is 0.338 e. The molecule has 1 aromatic heterocycles. The van der Waals surface area contributed by atoms with Gasteiger partial charge in [-0.2, -0.15) is 4.31 Å². The lowest BCUT2D eigenvalue weighted by molar-refractivity contribution is -0.176. The Bertz CT molecular complexity index is 2640. The SMILES string of the molecule is CN1C(CCl)Nc2cc(Cl)c(S(N)(=O)=O)cc2S1(=O)=O.COC(=O)[C@H]1[C@H]2C[C@@H]3c4[nH]c5cc(OC)ccc5c4CCN3C[C@H]2C[C@@H](OC(=O)c2cc(OC)c(OC)c(OC)c2)[C@@H]1OC. The second-order valence-corrected chi connectivity index (χ2v) is 20.1. The number of alkyl halides is 1. The van der Waals surface area contributed by atoms with Crippen molar-refractivity contribution in [1.29, 1.82) is 0 Å². The molecular weight excluding hydrogens is 918 g/mol. The van der Waals surface area contributed by atoms with Gasteiger partial charge in [0.1, 0.15) is 33.9 Å². The summed E-state index contributed by atoms with van der Waals surface area (Å²) in [5, 5.41) is 8.92. The number of sulfonamides is 2. The number of anilines is 1. The Labute approximate surface area is 381 Å². The van der Waals surface area contributed by atoms with E-state index in [2.05, 4.69) is 21.3 Å². The maximum atomic E-state index is 13.5. The lowest BCUT2D eigenvalue weighted by Crippen LogP contribution is -2.58. The summed E-state index contributed by atoms with van der Waals surface area (Å²) in [4.78, 5) is 32.5. The van der Waals surface area contributed by atoms with Crippen molar-refractivity contribution < 1.29 is 59.6 Å². The smallest absolute Gasteiger partial charge is 0.338 e. The van der Waals surface area contributed by atoms with Crippen molar-refractivity contribution in [2.45, 2.75) is 53.5 Å². The van der Waals surface area contributed by atoms with Crippen molar-refractivity contribution >= 4 is 71.8 Å². The molecule has 1 aliphatic carbocycles. The third kappa shape index (κ3) is 8.66. The molecule has 1 saturated carbocycles. The molecule has 1 unspecified atom stereocenters. The van der Waals surface area contributed by atoms with Crippen LogP contribution in [-0.4, -0.2) is 130 Å². The number of nitrogens with two attached hydrogens (primary N) is 1. The summed E-state index contributed by atoms with van der Waals surface area (Å²) in [5.74, 6) is 0.458. The van der Waals surface area contributed by atoms with Gasteiger partial charge in [-0.15, -0.1) is 11.6 Å². The fraction of sp³-hybridized carbons (Fsp3) is 0.476. The minimum absolute atomic E-state index is 0.0170. The number of aromatic amines is 1. The van der Waals surface area contributed by atoms with E-state index in [4.69, 9.17) is 61.5 Å². The molecule has 0 bridgehead atoms. The van der Waals surface area contributed by atoms with Crippen LogP contribution >= 0.6 is 23.2 Å². The fourth-order valence-electron chi connectivity index (χ4n) is 9.57. The summed E-state index contributed by atoms with van der Waals surface area (Å²) in [6.07, 6.45) is 0.272. The molecule has 7 atom stereocenters. The van der Waals surface area contributed by atoms with Crippen LogP contribution in [0.2, 0.25) is 5.02 Å². The monoisotopic (exact) mass is 967 g/mol. The molecule has 4 heterocycles. The van der Waals surface area contributed by atoms with Gasteiger partial charge < -0.3 is 43.5 Å². The van der Waals surface area contributed by atoms with Crippen molar-refractivity contribution in [3.63, 3.8) is 0 Å². The van der Waals surface area contributed by atoms with Gasteiger partial charge in [-0.3, -0.25) is 9.69 Å². The van der Waals surface area contributed by atoms with Crippen LogP contribution in [0.1, 0.15) is 40.5 Å². The minimum atomic E-state index is -4.12. The number of rotatable bonds is 10. The molecule has 8 rings (SSSR count). The molecule has 3 aromatic carbocycles. The molecule has 0 spiro atoms. The van der Waals surface area contributed by atoms with Crippen LogP contribution in [0.5, 0.6) is 23.0 Å². The van der Waals surface area contributed by atoms with E-state index in [1.54, 1.807) is 26.4 Å². The molecule has 4 aliphatic rings. The first-order chi connectivity index (χ1) is 30.4. The van der Waals surface area contributed by atoms with Crippen molar-refractivity contribution in [3.05, 3.63) is 64.3 Å². The van der Waals surface area contributed by atoms with Crippen molar-refractivity contribution in [3.8, 4) is 23.0 Å². The van der Waals surface area contributed by atoms with E-state index in [1.165, 1.54) is 58.2 Å². The first-order valence-electron chi connectivity index (χ1n) is 20.1. The number of carbonyl (C=O) groups excluding carboxylic acids is 2. The zero-order valence-corrected chi connectivity index (χ0v) is 39.3. The van der Waals surface area contributed by atoms with Gasteiger partial charge in [0, 0.05) is 49.9 Å². The van der Waals surface area contributed by atoms with Gasteiger partial charge in [0.15, 0.2) is 11.5 Å². The van der Waals surface area contributed by atoms with Crippen LogP contribution in [0, 0.1) is 17.8 Å². The lowest BCUT2D eigenvalue weighted by atomic mass is 9.63. The van der Waals surface area contributed by atoms with E-state index in [0.29, 0.717) is 23.7 Å². The number of hydrogen-bond donors (Lipinski definition) is 3. The topological polar surface area (TPSA) is 227 Å². The molecule has 2 fully saturated rings. The normalized spacial score (nSPS) is 24.9. The van der Waals surface area contributed by atoms with E-state index < -0.39 is 55.2 Å². The van der Waals surface area contributed by atoms with Crippen LogP contribution in [0.25, 0.3) is 10.9 Å². The Morgan fingerprint density at radius 2 is 1.66 bits per heavy atom. The lowest BCUT2D eigenvalue weighted by Gasteiger charge is -2.52. The number of nitrogens with one attached hydrogen (secondary N) is 2. The van der Waals surface area contributed by atoms with Gasteiger partial charge in [-0.25, -0.2) is 26.8 Å². The maximum absolute atomic E-state index is 13.5. The van der Waals surface area contributed by atoms with Crippen molar-refractivity contribution in [2.75, 3.05) is 74.0 Å². The summed E-state index contributed by atoms with van der Waals surface area (Å²) >= 11 is 11.5. The van der Waals surface area contributed by atoms with Crippen LogP contribution < -0.4 is 29.4 Å². The molecule has 4 N–H and O–H groups in total. The predicted octanol–water partition coefficient (Wildman–Crippen LogP) is 4.77. The first-order valence-corrected chi connectivity index (χ1v) is 24.0. The molecule has 18 nitrogen and oxygen atoms in total.